The molecule has 2 aromatic carbocycles. The van der Waals surface area contributed by atoms with E-state index in [-0.39, 0.29) is 29.9 Å². The highest BCUT2D eigenvalue weighted by molar-refractivity contribution is 5.97. The van der Waals surface area contributed by atoms with Gasteiger partial charge in [0.1, 0.15) is 11.5 Å². The van der Waals surface area contributed by atoms with Gasteiger partial charge in [0.25, 0.3) is 11.5 Å². The Labute approximate surface area is 249 Å². The van der Waals surface area contributed by atoms with Crippen LogP contribution in [0, 0.1) is 19.7 Å². The van der Waals surface area contributed by atoms with Crippen molar-refractivity contribution < 1.29 is 9.18 Å². The predicted octanol–water partition coefficient (Wildman–Crippen LogP) is 5.55. The van der Waals surface area contributed by atoms with Gasteiger partial charge in [-0.1, -0.05) is 18.7 Å². The maximum atomic E-state index is 14.1. The summed E-state index contributed by atoms with van der Waals surface area (Å²) in [6, 6.07) is 15.8. The Bertz CT molecular complexity index is 1920. The van der Waals surface area contributed by atoms with Gasteiger partial charge >= 0.3 is 0 Å². The van der Waals surface area contributed by atoms with Crippen LogP contribution in [0.25, 0.3) is 27.8 Å². The highest BCUT2D eigenvalue weighted by atomic mass is 19.1. The first-order chi connectivity index (χ1) is 20.6. The quantitative estimate of drug-likeness (QED) is 0.213. The molecule has 0 fully saturated rings. The Morgan fingerprint density at radius 2 is 1.86 bits per heavy atom. The van der Waals surface area contributed by atoms with Crippen molar-refractivity contribution in [3.63, 3.8) is 0 Å². The Kier molecular flexibility index (Phi) is 8.27. The van der Waals surface area contributed by atoms with Gasteiger partial charge in [-0.3, -0.25) is 14.6 Å². The summed E-state index contributed by atoms with van der Waals surface area (Å²) < 4.78 is 17.6. The summed E-state index contributed by atoms with van der Waals surface area (Å²) in [5.41, 5.74) is 6.92. The van der Waals surface area contributed by atoms with E-state index in [1.165, 1.54) is 12.1 Å². The zero-order valence-electron chi connectivity index (χ0n) is 25.0. The molecule has 1 atom stereocenters. The van der Waals surface area contributed by atoms with Crippen LogP contribution in [0.3, 0.4) is 0 Å². The number of aromatic nitrogens is 3. The summed E-state index contributed by atoms with van der Waals surface area (Å²) in [5.74, 6) is -0.488. The number of carbonyl (C=O) groups is 1. The van der Waals surface area contributed by atoms with Crippen LogP contribution in [0.4, 0.5) is 10.1 Å². The number of benzene rings is 2. The third kappa shape index (κ3) is 5.72. The van der Waals surface area contributed by atoms with Crippen LogP contribution in [0.5, 0.6) is 0 Å². The molecular formula is C34H35FN6O2. The van der Waals surface area contributed by atoms with Crippen molar-refractivity contribution in [2.75, 3.05) is 19.4 Å². The van der Waals surface area contributed by atoms with Crippen molar-refractivity contribution in [3.05, 3.63) is 124 Å². The lowest BCUT2D eigenvalue weighted by atomic mass is 9.98. The Balaban J connectivity index is 1.63. The van der Waals surface area contributed by atoms with Crippen LogP contribution in [0.2, 0.25) is 0 Å². The van der Waals surface area contributed by atoms with E-state index in [9.17, 15) is 14.0 Å². The minimum Gasteiger partial charge on any atom is -0.355 e. The number of amides is 1. The maximum Gasteiger partial charge on any atom is 0.275 e. The normalized spacial score (nSPS) is 11.9. The molecule has 3 aromatic heterocycles. The average molecular weight is 579 g/mol. The Hall–Kier alpha value is -5.02. The zero-order chi connectivity index (χ0) is 30.8. The number of anilines is 1. The number of halogens is 1. The van der Waals surface area contributed by atoms with Crippen molar-refractivity contribution in [1.29, 1.82) is 0 Å². The van der Waals surface area contributed by atoms with Gasteiger partial charge in [-0.05, 0) is 87.0 Å². The number of likely N-dealkylation sites (N-methyl/N-ethyl adjacent to an activating group) is 1. The third-order valence-electron chi connectivity index (χ3n) is 7.87. The lowest BCUT2D eigenvalue weighted by molar-refractivity contribution is 0.0962. The van der Waals surface area contributed by atoms with Crippen molar-refractivity contribution in [2.45, 2.75) is 33.4 Å². The van der Waals surface area contributed by atoms with E-state index < -0.39 is 0 Å². The Morgan fingerprint density at radius 3 is 2.60 bits per heavy atom. The van der Waals surface area contributed by atoms with Crippen LogP contribution in [-0.2, 0) is 6.54 Å². The summed E-state index contributed by atoms with van der Waals surface area (Å²) in [5, 5.41) is 9.82. The molecule has 0 aliphatic rings. The fourth-order valence-corrected chi connectivity index (χ4v) is 5.27. The van der Waals surface area contributed by atoms with Crippen molar-refractivity contribution in [2.24, 2.45) is 0 Å². The number of nitrogens with zero attached hydrogens (tertiary/aromatic N) is 3. The van der Waals surface area contributed by atoms with Crippen molar-refractivity contribution in [1.82, 2.24) is 24.8 Å². The van der Waals surface area contributed by atoms with Gasteiger partial charge < -0.3 is 25.1 Å². The highest BCUT2D eigenvalue weighted by Gasteiger charge is 2.18. The number of fused-ring (bicyclic) bond motifs is 1. The number of hydrogen-bond acceptors (Lipinski definition) is 5. The lowest BCUT2D eigenvalue weighted by Crippen LogP contribution is -2.30. The first kappa shape index (κ1) is 29.5. The molecule has 0 aliphatic carbocycles. The minimum absolute atomic E-state index is 0.0618. The van der Waals surface area contributed by atoms with Gasteiger partial charge in [0.15, 0.2) is 0 Å². The predicted molar refractivity (Wildman–Crippen MR) is 170 cm³/mol. The van der Waals surface area contributed by atoms with E-state index in [1.54, 1.807) is 42.2 Å². The van der Waals surface area contributed by atoms with Gasteiger partial charge in [0.2, 0.25) is 0 Å². The number of carbonyl (C=O) groups excluding carboxylic acids is 1. The van der Waals surface area contributed by atoms with Gasteiger partial charge in [-0.15, -0.1) is 0 Å². The fourth-order valence-electron chi connectivity index (χ4n) is 5.27. The van der Waals surface area contributed by atoms with E-state index in [2.05, 4.69) is 27.5 Å². The maximum absolute atomic E-state index is 14.1. The SMILES string of the molecule is C=C(Nc1ccc(-c2cccc(C(=O)NC)c2C)n(Cc2cncc(-n3cc(C)c4cc(F)ccc43)c2)c1=O)[C@H](C)NC. The largest absolute Gasteiger partial charge is 0.355 e. The van der Waals surface area contributed by atoms with E-state index >= 15 is 0 Å². The number of rotatable bonds is 9. The summed E-state index contributed by atoms with van der Waals surface area (Å²) in [6.07, 6.45) is 5.43. The molecule has 0 aliphatic heterocycles. The molecule has 3 heterocycles. The fraction of sp³-hybridized carbons (Fsp3) is 0.206. The average Bonchev–Trinajstić information content (AvgIpc) is 3.34. The standard InChI is InChI=1S/C34H35FN6O2/c1-20-18-40(32-12-10-25(35)15-29(20)32)26-14-24(16-38-17-26)19-41-31(27-8-7-9-28(21(27)2)33(42)37-6)13-11-30(34(41)43)39-23(4)22(3)36-5/h7-18,22,36,39H,4,19H2,1-3,5-6H3,(H,37,42)/t22-/m0/s1. The minimum atomic E-state index is -0.289. The molecule has 0 radical (unpaired) electrons. The van der Waals surface area contributed by atoms with Crippen LogP contribution >= 0.6 is 0 Å². The molecule has 0 unspecified atom stereocenters. The molecule has 0 bridgehead atoms. The van der Waals surface area contributed by atoms with E-state index in [0.717, 1.165) is 38.8 Å². The van der Waals surface area contributed by atoms with E-state index in [0.29, 0.717) is 22.6 Å². The van der Waals surface area contributed by atoms with Crippen molar-refractivity contribution in [3.8, 4) is 16.9 Å². The topological polar surface area (TPSA) is 93.0 Å². The highest BCUT2D eigenvalue weighted by Crippen LogP contribution is 2.28. The van der Waals surface area contributed by atoms with Crippen LogP contribution in [-0.4, -0.2) is 40.2 Å². The van der Waals surface area contributed by atoms with Gasteiger partial charge in [-0.2, -0.15) is 0 Å². The van der Waals surface area contributed by atoms with Gasteiger partial charge in [-0.25, -0.2) is 4.39 Å². The van der Waals surface area contributed by atoms with E-state index in [1.807, 2.05) is 62.8 Å². The molecule has 220 valence electrons. The van der Waals surface area contributed by atoms with Crippen LogP contribution in [0.15, 0.2) is 90.3 Å². The molecule has 1 amide bonds. The molecule has 3 N–H and O–H groups in total. The Morgan fingerprint density at radius 1 is 1.07 bits per heavy atom. The smallest absolute Gasteiger partial charge is 0.275 e. The first-order valence-electron chi connectivity index (χ1n) is 14.0. The summed E-state index contributed by atoms with van der Waals surface area (Å²) in [4.78, 5) is 31.1. The lowest BCUT2D eigenvalue weighted by Gasteiger charge is -2.20. The molecular weight excluding hydrogens is 543 g/mol. The molecule has 0 saturated carbocycles. The molecule has 8 nitrogen and oxygen atoms in total. The molecule has 0 spiro atoms. The molecule has 0 saturated heterocycles. The summed E-state index contributed by atoms with van der Waals surface area (Å²) in [6.45, 7) is 10.1. The van der Waals surface area contributed by atoms with Crippen LogP contribution in [0.1, 0.15) is 34.0 Å². The monoisotopic (exact) mass is 578 g/mol. The summed E-state index contributed by atoms with van der Waals surface area (Å²) in [7, 11) is 3.42. The van der Waals surface area contributed by atoms with Crippen molar-refractivity contribution >= 4 is 22.5 Å². The zero-order valence-corrected chi connectivity index (χ0v) is 25.0. The summed E-state index contributed by atoms with van der Waals surface area (Å²) >= 11 is 0. The first-order valence-corrected chi connectivity index (χ1v) is 14.0. The number of hydrogen-bond donors (Lipinski definition) is 3. The number of aryl methyl sites for hydroxylation is 1. The molecule has 9 heteroatoms. The molecule has 5 rings (SSSR count). The second kappa shape index (κ2) is 12.1. The molecule has 43 heavy (non-hydrogen) atoms. The second-order valence-corrected chi connectivity index (χ2v) is 10.6. The number of nitrogens with one attached hydrogen (secondary N) is 3. The molecule has 5 aromatic rings. The van der Waals surface area contributed by atoms with Gasteiger partial charge in [0, 0.05) is 47.7 Å². The number of pyridine rings is 2. The van der Waals surface area contributed by atoms with Crippen LogP contribution < -0.4 is 21.5 Å². The third-order valence-corrected chi connectivity index (χ3v) is 7.87. The second-order valence-electron chi connectivity index (χ2n) is 10.6. The van der Waals surface area contributed by atoms with Gasteiger partial charge in [0.05, 0.1) is 29.6 Å². The van der Waals surface area contributed by atoms with E-state index in [4.69, 9.17) is 0 Å².